The van der Waals surface area contributed by atoms with E-state index >= 15 is 0 Å². The van der Waals surface area contributed by atoms with Gasteiger partial charge in [0.1, 0.15) is 5.76 Å². The van der Waals surface area contributed by atoms with E-state index in [-0.39, 0.29) is 17.2 Å². The van der Waals surface area contributed by atoms with Gasteiger partial charge in [0.25, 0.3) is 11.6 Å². The van der Waals surface area contributed by atoms with Gasteiger partial charge in [-0.2, -0.15) is 0 Å². The Morgan fingerprint density at radius 1 is 1.00 bits per heavy atom. The summed E-state index contributed by atoms with van der Waals surface area (Å²) < 4.78 is 5.66. The maximum atomic E-state index is 12.8. The molecule has 1 aromatic heterocycles. The zero-order valence-corrected chi connectivity index (χ0v) is 16.6. The number of nitro groups is 1. The van der Waals surface area contributed by atoms with Gasteiger partial charge < -0.3 is 19.5 Å². The summed E-state index contributed by atoms with van der Waals surface area (Å²) >= 11 is 0. The number of benzene rings is 2. The summed E-state index contributed by atoms with van der Waals surface area (Å²) in [4.78, 5) is 28.1. The van der Waals surface area contributed by atoms with E-state index < -0.39 is 10.8 Å². The van der Waals surface area contributed by atoms with Crippen LogP contribution >= 0.6 is 0 Å². The van der Waals surface area contributed by atoms with E-state index in [1.165, 1.54) is 12.1 Å². The van der Waals surface area contributed by atoms with Crippen molar-refractivity contribution in [3.05, 3.63) is 76.5 Å². The van der Waals surface area contributed by atoms with E-state index in [4.69, 9.17) is 4.42 Å². The lowest BCUT2D eigenvalue weighted by Gasteiger charge is -2.35. The second-order valence-corrected chi connectivity index (χ2v) is 7.20. The van der Waals surface area contributed by atoms with Crippen molar-refractivity contribution in [2.45, 2.75) is 0 Å². The molecule has 4 rings (SSSR count). The Labute approximate surface area is 173 Å². The van der Waals surface area contributed by atoms with Crippen LogP contribution in [0.2, 0.25) is 0 Å². The number of hydrogen-bond donors (Lipinski definition) is 1. The summed E-state index contributed by atoms with van der Waals surface area (Å²) in [5.74, 6) is -0.0300. The topological polar surface area (TPSA) is 91.9 Å². The molecule has 1 aliphatic rings. The zero-order valence-electron chi connectivity index (χ0n) is 16.6. The molecule has 2 aromatic carbocycles. The van der Waals surface area contributed by atoms with Crippen LogP contribution in [0.4, 0.5) is 17.1 Å². The standard InChI is InChI=1S/C22H22N4O4/c1-24-12-14-25(15-13-24)19-9-5-3-7-17(19)23-22(27)21-11-10-20(30-21)16-6-2-4-8-18(16)26(28)29/h2-11H,12-15H2,1H3,(H,23,27). The minimum absolute atomic E-state index is 0.0702. The van der Waals surface area contributed by atoms with Crippen LogP contribution in [0.1, 0.15) is 10.6 Å². The van der Waals surface area contributed by atoms with E-state index in [0.717, 1.165) is 31.9 Å². The van der Waals surface area contributed by atoms with Gasteiger partial charge in [0.15, 0.2) is 5.76 Å². The quantitative estimate of drug-likeness (QED) is 0.511. The van der Waals surface area contributed by atoms with Crippen molar-refractivity contribution in [1.29, 1.82) is 0 Å². The van der Waals surface area contributed by atoms with Crippen molar-refractivity contribution in [2.24, 2.45) is 0 Å². The zero-order chi connectivity index (χ0) is 21.1. The fourth-order valence-corrected chi connectivity index (χ4v) is 3.53. The first-order valence-corrected chi connectivity index (χ1v) is 9.70. The molecule has 154 valence electrons. The Balaban J connectivity index is 1.55. The molecule has 0 atom stereocenters. The lowest BCUT2D eigenvalue weighted by molar-refractivity contribution is -0.384. The normalized spacial score (nSPS) is 14.5. The molecule has 8 nitrogen and oxygen atoms in total. The van der Waals surface area contributed by atoms with Crippen LogP contribution < -0.4 is 10.2 Å². The Morgan fingerprint density at radius 2 is 1.70 bits per heavy atom. The first-order valence-electron chi connectivity index (χ1n) is 9.70. The molecule has 0 aliphatic carbocycles. The van der Waals surface area contributed by atoms with Gasteiger partial charge in [-0.3, -0.25) is 14.9 Å². The number of carbonyl (C=O) groups excluding carboxylic acids is 1. The molecular weight excluding hydrogens is 384 g/mol. The summed E-state index contributed by atoms with van der Waals surface area (Å²) in [6, 6.07) is 17.1. The number of nitrogens with zero attached hydrogens (tertiary/aromatic N) is 3. The van der Waals surface area contributed by atoms with E-state index in [9.17, 15) is 14.9 Å². The number of carbonyl (C=O) groups is 1. The van der Waals surface area contributed by atoms with Crippen LogP contribution in [-0.2, 0) is 0 Å². The van der Waals surface area contributed by atoms with Crippen molar-refractivity contribution < 1.29 is 14.1 Å². The molecule has 30 heavy (non-hydrogen) atoms. The molecule has 0 spiro atoms. The van der Waals surface area contributed by atoms with Crippen LogP contribution in [0.5, 0.6) is 0 Å². The van der Waals surface area contributed by atoms with Gasteiger partial charge >= 0.3 is 0 Å². The first-order chi connectivity index (χ1) is 14.5. The van der Waals surface area contributed by atoms with E-state index in [0.29, 0.717) is 11.3 Å². The smallest absolute Gasteiger partial charge is 0.291 e. The number of hydrogen-bond acceptors (Lipinski definition) is 6. The molecule has 2 heterocycles. The minimum atomic E-state index is -0.468. The number of anilines is 2. The maximum absolute atomic E-state index is 12.8. The average Bonchev–Trinajstić information content (AvgIpc) is 3.25. The van der Waals surface area contributed by atoms with Gasteiger partial charge in [-0.1, -0.05) is 24.3 Å². The van der Waals surface area contributed by atoms with Crippen molar-refractivity contribution in [3.63, 3.8) is 0 Å². The number of para-hydroxylation sites is 3. The third-order valence-electron chi connectivity index (χ3n) is 5.19. The monoisotopic (exact) mass is 406 g/mol. The molecule has 0 bridgehead atoms. The number of nitro benzene ring substituents is 1. The van der Waals surface area contributed by atoms with Crippen molar-refractivity contribution in [1.82, 2.24) is 4.90 Å². The van der Waals surface area contributed by atoms with Gasteiger partial charge in [0.05, 0.1) is 21.9 Å². The fraction of sp³-hybridized carbons (Fsp3) is 0.227. The van der Waals surface area contributed by atoms with E-state index in [1.54, 1.807) is 24.3 Å². The van der Waals surface area contributed by atoms with Crippen LogP contribution in [0.15, 0.2) is 65.1 Å². The number of nitrogens with one attached hydrogen (secondary N) is 1. The SMILES string of the molecule is CN1CCN(c2ccccc2NC(=O)c2ccc(-c3ccccc3[N+](=O)[O-])o2)CC1. The highest BCUT2D eigenvalue weighted by atomic mass is 16.6. The molecule has 1 N–H and O–H groups in total. The van der Waals surface area contributed by atoms with Crippen LogP contribution in [0.3, 0.4) is 0 Å². The predicted molar refractivity (Wildman–Crippen MR) is 115 cm³/mol. The Bertz CT molecular complexity index is 1070. The van der Waals surface area contributed by atoms with Crippen LogP contribution in [-0.4, -0.2) is 49.0 Å². The highest BCUT2D eigenvalue weighted by Crippen LogP contribution is 2.32. The fourth-order valence-electron chi connectivity index (χ4n) is 3.53. The number of amides is 1. The largest absolute Gasteiger partial charge is 0.451 e. The lowest BCUT2D eigenvalue weighted by Crippen LogP contribution is -2.44. The highest BCUT2D eigenvalue weighted by molar-refractivity contribution is 6.04. The summed E-state index contributed by atoms with van der Waals surface area (Å²) in [5.41, 5.74) is 1.93. The average molecular weight is 406 g/mol. The van der Waals surface area contributed by atoms with Gasteiger partial charge in [-0.15, -0.1) is 0 Å². The molecule has 1 saturated heterocycles. The number of rotatable bonds is 5. The molecular formula is C22H22N4O4. The van der Waals surface area contributed by atoms with E-state index in [1.807, 2.05) is 24.3 Å². The molecule has 1 fully saturated rings. The Morgan fingerprint density at radius 3 is 2.47 bits per heavy atom. The summed E-state index contributed by atoms with van der Waals surface area (Å²) in [5, 5.41) is 14.2. The first kappa shape index (κ1) is 19.7. The molecule has 8 heteroatoms. The third kappa shape index (κ3) is 4.04. The molecule has 3 aromatic rings. The Hall–Kier alpha value is -3.65. The predicted octanol–water partition coefficient (Wildman–Crippen LogP) is 3.86. The van der Waals surface area contributed by atoms with Gasteiger partial charge in [-0.25, -0.2) is 0 Å². The number of furan rings is 1. The van der Waals surface area contributed by atoms with Crippen molar-refractivity contribution in [2.75, 3.05) is 43.4 Å². The number of likely N-dealkylation sites (N-methyl/N-ethyl adjacent to an activating group) is 1. The highest BCUT2D eigenvalue weighted by Gasteiger charge is 2.21. The molecule has 0 saturated carbocycles. The van der Waals surface area contributed by atoms with E-state index in [2.05, 4.69) is 22.2 Å². The maximum Gasteiger partial charge on any atom is 0.291 e. The molecule has 0 radical (unpaired) electrons. The minimum Gasteiger partial charge on any atom is -0.451 e. The Kier molecular flexibility index (Phi) is 5.49. The summed E-state index contributed by atoms with van der Waals surface area (Å²) in [7, 11) is 2.09. The molecule has 1 amide bonds. The second kappa shape index (κ2) is 8.38. The lowest BCUT2D eigenvalue weighted by atomic mass is 10.1. The van der Waals surface area contributed by atoms with Gasteiger partial charge in [0.2, 0.25) is 0 Å². The number of piperazine rings is 1. The molecule has 0 unspecified atom stereocenters. The van der Waals surface area contributed by atoms with Crippen LogP contribution in [0, 0.1) is 10.1 Å². The summed E-state index contributed by atoms with van der Waals surface area (Å²) in [6.07, 6.45) is 0. The summed E-state index contributed by atoms with van der Waals surface area (Å²) in [6.45, 7) is 3.68. The second-order valence-electron chi connectivity index (χ2n) is 7.20. The van der Waals surface area contributed by atoms with Crippen molar-refractivity contribution in [3.8, 4) is 11.3 Å². The third-order valence-corrected chi connectivity index (χ3v) is 5.19. The van der Waals surface area contributed by atoms with Crippen LogP contribution in [0.25, 0.3) is 11.3 Å². The van der Waals surface area contributed by atoms with Gasteiger partial charge in [-0.05, 0) is 37.4 Å². The molecule has 1 aliphatic heterocycles. The van der Waals surface area contributed by atoms with Crippen molar-refractivity contribution >= 4 is 23.0 Å². The van der Waals surface area contributed by atoms with Gasteiger partial charge in [0, 0.05) is 32.2 Å².